The van der Waals surface area contributed by atoms with E-state index in [2.05, 4.69) is 15.7 Å². The fourth-order valence-electron chi connectivity index (χ4n) is 3.58. The van der Waals surface area contributed by atoms with Gasteiger partial charge in [-0.05, 0) is 56.3 Å². The maximum atomic E-state index is 13.3. The molecule has 4 rings (SSSR count). The van der Waals surface area contributed by atoms with Crippen LogP contribution in [-0.4, -0.2) is 28.8 Å². The van der Waals surface area contributed by atoms with Gasteiger partial charge < -0.3 is 10.6 Å². The number of hydrogen-bond donors (Lipinski definition) is 2. The van der Waals surface area contributed by atoms with Gasteiger partial charge in [-0.25, -0.2) is 9.07 Å². The lowest BCUT2D eigenvalue weighted by atomic mass is 9.91. The van der Waals surface area contributed by atoms with Gasteiger partial charge in [-0.2, -0.15) is 5.10 Å². The van der Waals surface area contributed by atoms with Gasteiger partial charge in [0.05, 0.1) is 33.9 Å². The van der Waals surface area contributed by atoms with Gasteiger partial charge in [-0.15, -0.1) is 0 Å². The van der Waals surface area contributed by atoms with Gasteiger partial charge in [0, 0.05) is 5.92 Å². The zero-order chi connectivity index (χ0) is 19.5. The summed E-state index contributed by atoms with van der Waals surface area (Å²) in [6.45, 7) is 1.80. The van der Waals surface area contributed by atoms with Crippen LogP contribution in [0.2, 0.25) is 5.02 Å². The van der Waals surface area contributed by atoms with Gasteiger partial charge in [-0.1, -0.05) is 29.8 Å². The SMILES string of the molecule is O=C(Nc1ccc(F)cc1Cl)c1cnn(-c2ccccc2)c1C1CCNCC1. The second kappa shape index (κ2) is 8.12. The molecule has 1 aromatic heterocycles. The maximum absolute atomic E-state index is 13.3. The smallest absolute Gasteiger partial charge is 0.259 e. The van der Waals surface area contributed by atoms with Crippen molar-refractivity contribution in [1.82, 2.24) is 15.1 Å². The van der Waals surface area contributed by atoms with Crippen LogP contribution in [0.4, 0.5) is 10.1 Å². The monoisotopic (exact) mass is 398 g/mol. The van der Waals surface area contributed by atoms with Crippen molar-refractivity contribution in [2.45, 2.75) is 18.8 Å². The van der Waals surface area contributed by atoms with Crippen LogP contribution in [0.15, 0.2) is 54.7 Å². The van der Waals surface area contributed by atoms with Crippen LogP contribution in [0.25, 0.3) is 5.69 Å². The Bertz CT molecular complexity index is 983. The molecule has 2 N–H and O–H groups in total. The minimum Gasteiger partial charge on any atom is -0.321 e. The number of rotatable bonds is 4. The van der Waals surface area contributed by atoms with E-state index in [-0.39, 0.29) is 16.8 Å². The fraction of sp³-hybridized carbons (Fsp3) is 0.238. The number of nitrogens with one attached hydrogen (secondary N) is 2. The average molecular weight is 399 g/mol. The van der Waals surface area contributed by atoms with Crippen molar-refractivity contribution in [2.24, 2.45) is 0 Å². The molecule has 0 aliphatic carbocycles. The number of nitrogens with zero attached hydrogens (tertiary/aromatic N) is 2. The van der Waals surface area contributed by atoms with E-state index in [1.54, 1.807) is 6.20 Å². The molecule has 0 atom stereocenters. The van der Waals surface area contributed by atoms with E-state index < -0.39 is 5.82 Å². The lowest BCUT2D eigenvalue weighted by molar-refractivity contribution is 0.102. The summed E-state index contributed by atoms with van der Waals surface area (Å²) in [6, 6.07) is 13.7. The Morgan fingerprint density at radius 3 is 2.64 bits per heavy atom. The molecule has 28 heavy (non-hydrogen) atoms. The zero-order valence-electron chi connectivity index (χ0n) is 15.2. The molecule has 1 fully saturated rings. The molecule has 3 aromatic rings. The summed E-state index contributed by atoms with van der Waals surface area (Å²) in [7, 11) is 0. The van der Waals surface area contributed by atoms with Crippen molar-refractivity contribution in [2.75, 3.05) is 18.4 Å². The predicted molar refractivity (Wildman–Crippen MR) is 108 cm³/mol. The number of benzene rings is 2. The van der Waals surface area contributed by atoms with E-state index in [1.165, 1.54) is 18.2 Å². The second-order valence-electron chi connectivity index (χ2n) is 6.79. The molecule has 0 radical (unpaired) electrons. The van der Waals surface area contributed by atoms with Crippen molar-refractivity contribution < 1.29 is 9.18 Å². The van der Waals surface area contributed by atoms with Crippen molar-refractivity contribution >= 4 is 23.2 Å². The van der Waals surface area contributed by atoms with E-state index in [0.29, 0.717) is 11.3 Å². The molecule has 0 bridgehead atoms. The van der Waals surface area contributed by atoms with Gasteiger partial charge in [0.15, 0.2) is 0 Å². The van der Waals surface area contributed by atoms with E-state index in [4.69, 9.17) is 11.6 Å². The first-order valence-corrected chi connectivity index (χ1v) is 9.62. The molecular weight excluding hydrogens is 379 g/mol. The molecule has 7 heteroatoms. The Hall–Kier alpha value is -2.70. The maximum Gasteiger partial charge on any atom is 0.259 e. The molecule has 2 heterocycles. The zero-order valence-corrected chi connectivity index (χ0v) is 15.9. The van der Waals surface area contributed by atoms with Crippen LogP contribution in [0.3, 0.4) is 0 Å². The van der Waals surface area contributed by atoms with Gasteiger partial charge in [0.25, 0.3) is 5.91 Å². The molecule has 0 saturated carbocycles. The predicted octanol–water partition coefficient (Wildman–Crippen LogP) is 4.38. The molecular formula is C21H20ClFN4O. The average Bonchev–Trinajstić information content (AvgIpc) is 3.17. The highest BCUT2D eigenvalue weighted by molar-refractivity contribution is 6.33. The van der Waals surface area contributed by atoms with Crippen LogP contribution < -0.4 is 10.6 Å². The molecule has 144 valence electrons. The number of piperidine rings is 1. The summed E-state index contributed by atoms with van der Waals surface area (Å²) in [5.74, 6) is -0.534. The molecule has 5 nitrogen and oxygen atoms in total. The number of carbonyl (C=O) groups is 1. The highest BCUT2D eigenvalue weighted by atomic mass is 35.5. The van der Waals surface area contributed by atoms with Gasteiger partial charge in [-0.3, -0.25) is 4.79 Å². The first kappa shape index (κ1) is 18.7. The van der Waals surface area contributed by atoms with Crippen LogP contribution in [0.1, 0.15) is 34.8 Å². The lowest BCUT2D eigenvalue weighted by Crippen LogP contribution is -2.29. The van der Waals surface area contributed by atoms with Crippen LogP contribution in [0.5, 0.6) is 0 Å². The highest BCUT2D eigenvalue weighted by Crippen LogP contribution is 2.31. The third kappa shape index (κ3) is 3.79. The van der Waals surface area contributed by atoms with E-state index >= 15 is 0 Å². The molecule has 1 aliphatic heterocycles. The molecule has 1 saturated heterocycles. The first-order valence-electron chi connectivity index (χ1n) is 9.24. The summed E-state index contributed by atoms with van der Waals surface area (Å²) in [5.41, 5.74) is 2.69. The van der Waals surface area contributed by atoms with Crippen LogP contribution in [-0.2, 0) is 0 Å². The number of halogens is 2. The number of carbonyl (C=O) groups excluding carboxylic acids is 1. The molecule has 0 unspecified atom stereocenters. The summed E-state index contributed by atoms with van der Waals surface area (Å²) >= 11 is 6.07. The Morgan fingerprint density at radius 2 is 1.93 bits per heavy atom. The van der Waals surface area contributed by atoms with Crippen molar-refractivity contribution in [3.05, 3.63) is 76.8 Å². The molecule has 1 aliphatic rings. The van der Waals surface area contributed by atoms with Crippen molar-refractivity contribution in [3.8, 4) is 5.69 Å². The van der Waals surface area contributed by atoms with Crippen LogP contribution in [0, 0.1) is 5.82 Å². The van der Waals surface area contributed by atoms with E-state index in [1.807, 2.05) is 35.0 Å². The fourth-order valence-corrected chi connectivity index (χ4v) is 3.79. The standard InChI is InChI=1S/C21H20ClFN4O/c22-18-12-15(23)6-7-19(18)26-21(28)17-13-25-27(16-4-2-1-3-5-16)20(17)14-8-10-24-11-9-14/h1-7,12-14,24H,8-11H2,(H,26,28). The number of amides is 1. The Labute approximate surface area is 167 Å². The minimum atomic E-state index is -0.449. The highest BCUT2D eigenvalue weighted by Gasteiger charge is 2.27. The number of hydrogen-bond acceptors (Lipinski definition) is 3. The van der Waals surface area contributed by atoms with Crippen LogP contribution >= 0.6 is 11.6 Å². The second-order valence-corrected chi connectivity index (χ2v) is 7.20. The summed E-state index contributed by atoms with van der Waals surface area (Å²) < 4.78 is 15.1. The number of para-hydroxylation sites is 1. The minimum absolute atomic E-state index is 0.159. The lowest BCUT2D eigenvalue weighted by Gasteiger charge is -2.24. The van der Waals surface area contributed by atoms with E-state index in [9.17, 15) is 9.18 Å². The number of anilines is 1. The molecule has 2 aromatic carbocycles. The normalized spacial score (nSPS) is 14.8. The third-order valence-corrected chi connectivity index (χ3v) is 5.27. The van der Waals surface area contributed by atoms with Gasteiger partial charge in [0.1, 0.15) is 5.82 Å². The molecule has 1 amide bonds. The number of aromatic nitrogens is 2. The van der Waals surface area contributed by atoms with Gasteiger partial charge in [0.2, 0.25) is 0 Å². The summed E-state index contributed by atoms with van der Waals surface area (Å²) in [6.07, 6.45) is 3.45. The molecule has 0 spiro atoms. The third-order valence-electron chi connectivity index (χ3n) is 4.96. The topological polar surface area (TPSA) is 59.0 Å². The van der Waals surface area contributed by atoms with Crippen molar-refractivity contribution in [3.63, 3.8) is 0 Å². The Kier molecular flexibility index (Phi) is 5.41. The largest absolute Gasteiger partial charge is 0.321 e. The quantitative estimate of drug-likeness (QED) is 0.685. The Morgan fingerprint density at radius 1 is 1.18 bits per heavy atom. The first-order chi connectivity index (χ1) is 13.6. The van der Waals surface area contributed by atoms with E-state index in [0.717, 1.165) is 37.3 Å². The Balaban J connectivity index is 1.71. The van der Waals surface area contributed by atoms with Gasteiger partial charge >= 0.3 is 0 Å². The summed E-state index contributed by atoms with van der Waals surface area (Å²) in [4.78, 5) is 13.0. The summed E-state index contributed by atoms with van der Waals surface area (Å²) in [5, 5.41) is 10.8. The van der Waals surface area contributed by atoms with Crippen molar-refractivity contribution in [1.29, 1.82) is 0 Å².